The van der Waals surface area contributed by atoms with E-state index in [-0.39, 0.29) is 24.0 Å². The summed E-state index contributed by atoms with van der Waals surface area (Å²) in [6.07, 6.45) is 2.77. The van der Waals surface area contributed by atoms with E-state index in [1.54, 1.807) is 19.4 Å². The summed E-state index contributed by atoms with van der Waals surface area (Å²) in [4.78, 5) is 21.0. The summed E-state index contributed by atoms with van der Waals surface area (Å²) in [5, 5.41) is 22.6. The predicted octanol–water partition coefficient (Wildman–Crippen LogP) is -0.646. The summed E-state index contributed by atoms with van der Waals surface area (Å²) in [6.45, 7) is 1.78. The van der Waals surface area contributed by atoms with Gasteiger partial charge in [-0.1, -0.05) is 0 Å². The maximum atomic E-state index is 11.7. The van der Waals surface area contributed by atoms with E-state index < -0.39 is 11.7 Å². The second kappa shape index (κ2) is 6.48. The fraction of sp³-hybridized carbons (Fsp3) is 0.500. The standard InChI is InChI=1S/C12H19N5O3S/c1-5(11(20)21-2)15-7(18)3-6-4-14-9-8(6)16-12(13)17-10(9)19/h4-5,7,11,14-15,18,20H,3H2,1-2H3,(H3,13,16,17,19). The summed E-state index contributed by atoms with van der Waals surface area (Å²) in [7, 11) is 0. The van der Waals surface area contributed by atoms with Crippen molar-refractivity contribution in [2.75, 3.05) is 12.0 Å². The van der Waals surface area contributed by atoms with Gasteiger partial charge in [0, 0.05) is 24.2 Å². The van der Waals surface area contributed by atoms with Gasteiger partial charge in [-0.25, -0.2) is 4.98 Å². The van der Waals surface area contributed by atoms with Crippen LogP contribution in [0.25, 0.3) is 11.0 Å². The van der Waals surface area contributed by atoms with E-state index in [1.165, 1.54) is 11.8 Å². The highest BCUT2D eigenvalue weighted by atomic mass is 32.2. The van der Waals surface area contributed by atoms with Gasteiger partial charge in [0.05, 0.1) is 0 Å². The number of nitrogens with zero attached hydrogens (tertiary/aromatic N) is 1. The van der Waals surface area contributed by atoms with Crippen LogP contribution in [0, 0.1) is 0 Å². The first kappa shape index (κ1) is 15.8. The van der Waals surface area contributed by atoms with E-state index in [0.717, 1.165) is 0 Å². The van der Waals surface area contributed by atoms with Crippen LogP contribution in [0.1, 0.15) is 12.5 Å². The monoisotopic (exact) mass is 313 g/mol. The minimum atomic E-state index is -0.872. The Balaban J connectivity index is 2.15. The molecule has 8 nitrogen and oxygen atoms in total. The molecule has 0 aliphatic heterocycles. The van der Waals surface area contributed by atoms with Gasteiger partial charge >= 0.3 is 0 Å². The molecular weight excluding hydrogens is 294 g/mol. The Kier molecular flexibility index (Phi) is 4.88. The molecule has 116 valence electrons. The van der Waals surface area contributed by atoms with Gasteiger partial charge in [-0.05, 0) is 13.2 Å². The summed E-state index contributed by atoms with van der Waals surface area (Å²) >= 11 is 1.29. The van der Waals surface area contributed by atoms with Crippen LogP contribution in [-0.4, -0.2) is 49.1 Å². The highest BCUT2D eigenvalue weighted by Gasteiger charge is 2.18. The molecule has 0 aliphatic rings. The molecule has 0 bridgehead atoms. The van der Waals surface area contributed by atoms with Gasteiger partial charge in [-0.3, -0.25) is 15.1 Å². The summed E-state index contributed by atoms with van der Waals surface area (Å²) in [6, 6.07) is -0.276. The van der Waals surface area contributed by atoms with Crippen LogP contribution in [0.2, 0.25) is 0 Å². The number of aromatic amines is 2. The molecule has 0 aromatic carbocycles. The van der Waals surface area contributed by atoms with Gasteiger partial charge in [0.1, 0.15) is 22.7 Å². The molecular formula is C12H19N5O3S. The first-order chi connectivity index (χ1) is 9.92. The Bertz CT molecular complexity index is 670. The lowest BCUT2D eigenvalue weighted by molar-refractivity contribution is 0.101. The Morgan fingerprint density at radius 3 is 2.90 bits per heavy atom. The van der Waals surface area contributed by atoms with Gasteiger partial charge < -0.3 is 20.9 Å². The summed E-state index contributed by atoms with van der Waals surface area (Å²) < 4.78 is 0. The van der Waals surface area contributed by atoms with Gasteiger partial charge in [0.15, 0.2) is 0 Å². The fourth-order valence-electron chi connectivity index (χ4n) is 2.10. The molecule has 0 saturated carbocycles. The van der Waals surface area contributed by atoms with Gasteiger partial charge in [-0.2, -0.15) is 0 Å². The second-order valence-electron chi connectivity index (χ2n) is 4.79. The Morgan fingerprint density at radius 2 is 2.24 bits per heavy atom. The molecule has 21 heavy (non-hydrogen) atoms. The molecule has 2 rings (SSSR count). The molecule has 0 fully saturated rings. The third-order valence-corrected chi connectivity index (χ3v) is 4.06. The van der Waals surface area contributed by atoms with Crippen LogP contribution in [0.5, 0.6) is 0 Å². The minimum Gasteiger partial charge on any atom is -0.381 e. The molecule has 2 heterocycles. The number of nitrogens with one attached hydrogen (secondary N) is 3. The predicted molar refractivity (Wildman–Crippen MR) is 83.0 cm³/mol. The van der Waals surface area contributed by atoms with Crippen molar-refractivity contribution in [3.63, 3.8) is 0 Å². The number of hydrogen-bond acceptors (Lipinski definition) is 7. The van der Waals surface area contributed by atoms with Crippen molar-refractivity contribution >= 4 is 28.7 Å². The summed E-state index contributed by atoms with van der Waals surface area (Å²) in [5.41, 5.74) is 6.00. The number of rotatable bonds is 6. The van der Waals surface area contributed by atoms with E-state index in [4.69, 9.17) is 5.73 Å². The fourth-order valence-corrected chi connectivity index (χ4v) is 2.58. The van der Waals surface area contributed by atoms with Crippen LogP contribution in [0.3, 0.4) is 0 Å². The van der Waals surface area contributed by atoms with Crippen molar-refractivity contribution in [2.45, 2.75) is 31.1 Å². The number of nitrogens with two attached hydrogens (primary N) is 1. The number of aliphatic hydroxyl groups excluding tert-OH is 2. The van der Waals surface area contributed by atoms with E-state index in [0.29, 0.717) is 16.6 Å². The van der Waals surface area contributed by atoms with Crippen molar-refractivity contribution in [1.82, 2.24) is 20.3 Å². The molecule has 7 N–H and O–H groups in total. The molecule has 3 unspecified atom stereocenters. The molecule has 0 spiro atoms. The molecule has 9 heteroatoms. The van der Waals surface area contributed by atoms with Crippen LogP contribution in [0.15, 0.2) is 11.0 Å². The largest absolute Gasteiger partial charge is 0.381 e. The molecule has 0 radical (unpaired) electrons. The SMILES string of the molecule is CSC(O)C(C)NC(O)Cc1c[nH]c2c(=O)[nH]c(N)nc12. The number of hydrogen-bond donors (Lipinski definition) is 6. The van der Waals surface area contributed by atoms with Crippen LogP contribution in [0.4, 0.5) is 5.95 Å². The molecule has 0 amide bonds. The van der Waals surface area contributed by atoms with E-state index in [9.17, 15) is 15.0 Å². The Hall–Kier alpha value is -1.55. The number of anilines is 1. The third-order valence-electron chi connectivity index (χ3n) is 3.17. The maximum Gasteiger partial charge on any atom is 0.276 e. The number of fused-ring (bicyclic) bond motifs is 1. The Morgan fingerprint density at radius 1 is 1.52 bits per heavy atom. The molecule has 0 saturated heterocycles. The first-order valence-electron chi connectivity index (χ1n) is 6.43. The second-order valence-corrected chi connectivity index (χ2v) is 5.74. The van der Waals surface area contributed by atoms with Crippen LogP contribution >= 0.6 is 11.8 Å². The molecule has 3 atom stereocenters. The maximum absolute atomic E-state index is 11.7. The smallest absolute Gasteiger partial charge is 0.276 e. The first-order valence-corrected chi connectivity index (χ1v) is 7.72. The van der Waals surface area contributed by atoms with Crippen molar-refractivity contribution in [3.8, 4) is 0 Å². The van der Waals surface area contributed by atoms with Crippen molar-refractivity contribution in [1.29, 1.82) is 0 Å². The molecule has 0 aliphatic carbocycles. The lowest BCUT2D eigenvalue weighted by atomic mass is 10.2. The molecule has 2 aromatic rings. The van der Waals surface area contributed by atoms with Gasteiger partial charge in [0.2, 0.25) is 5.95 Å². The average Bonchev–Trinajstić information content (AvgIpc) is 2.81. The van der Waals surface area contributed by atoms with Crippen molar-refractivity contribution in [3.05, 3.63) is 22.1 Å². The van der Waals surface area contributed by atoms with Gasteiger partial charge in [0.25, 0.3) is 5.56 Å². The Labute approximate surface area is 125 Å². The molecule has 2 aromatic heterocycles. The van der Waals surface area contributed by atoms with Gasteiger partial charge in [-0.15, -0.1) is 11.8 Å². The third kappa shape index (κ3) is 3.56. The lowest BCUT2D eigenvalue weighted by Gasteiger charge is -2.22. The van der Waals surface area contributed by atoms with E-state index in [2.05, 4.69) is 20.3 Å². The number of aliphatic hydroxyl groups is 2. The van der Waals surface area contributed by atoms with Crippen LogP contribution in [-0.2, 0) is 6.42 Å². The zero-order valence-corrected chi connectivity index (χ0v) is 12.6. The highest BCUT2D eigenvalue weighted by molar-refractivity contribution is 7.99. The number of aromatic nitrogens is 3. The van der Waals surface area contributed by atoms with Crippen molar-refractivity contribution in [2.24, 2.45) is 0 Å². The topological polar surface area (TPSA) is 140 Å². The minimum absolute atomic E-state index is 0.0296. The zero-order chi connectivity index (χ0) is 15.6. The number of nitrogen functional groups attached to an aromatic ring is 1. The quantitative estimate of drug-likeness (QED) is 0.389. The summed E-state index contributed by atoms with van der Waals surface area (Å²) in [5.74, 6) is 0.0296. The van der Waals surface area contributed by atoms with E-state index >= 15 is 0 Å². The van der Waals surface area contributed by atoms with Crippen LogP contribution < -0.4 is 16.6 Å². The van der Waals surface area contributed by atoms with Crippen molar-refractivity contribution < 1.29 is 10.2 Å². The normalized spacial score (nSPS) is 16.0. The number of H-pyrrole nitrogens is 2. The highest BCUT2D eigenvalue weighted by Crippen LogP contribution is 2.15. The lowest BCUT2D eigenvalue weighted by Crippen LogP contribution is -2.43. The number of thioether (sulfide) groups is 1. The zero-order valence-electron chi connectivity index (χ0n) is 11.8. The average molecular weight is 313 g/mol. The van der Waals surface area contributed by atoms with E-state index in [1.807, 2.05) is 0 Å².